The van der Waals surface area contributed by atoms with Crippen LogP contribution in [0.5, 0.6) is 0 Å². The highest BCUT2D eigenvalue weighted by Gasteiger charge is 2.32. The zero-order chi connectivity index (χ0) is 21.7. The lowest BCUT2D eigenvalue weighted by Gasteiger charge is -2.22. The molecule has 2 aromatic carbocycles. The Bertz CT molecular complexity index is 981. The van der Waals surface area contributed by atoms with Gasteiger partial charge in [0.2, 0.25) is 0 Å². The first-order valence-corrected chi connectivity index (χ1v) is 10.2. The van der Waals surface area contributed by atoms with Crippen molar-refractivity contribution < 1.29 is 4.79 Å². The van der Waals surface area contributed by atoms with Gasteiger partial charge in [0.15, 0.2) is 0 Å². The van der Waals surface area contributed by atoms with Crippen LogP contribution in [0.4, 0.5) is 5.69 Å². The molecule has 6 heteroatoms. The summed E-state index contributed by atoms with van der Waals surface area (Å²) in [6, 6.07) is 13.6. The van der Waals surface area contributed by atoms with E-state index in [1.807, 2.05) is 54.3 Å². The minimum absolute atomic E-state index is 0.0889. The van der Waals surface area contributed by atoms with Crippen molar-refractivity contribution in [3.05, 3.63) is 70.9 Å². The molecule has 1 aliphatic heterocycles. The number of nitrogens with two attached hydrogens (primary N) is 1. The highest BCUT2D eigenvalue weighted by atomic mass is 16.2. The van der Waals surface area contributed by atoms with Gasteiger partial charge in [0, 0.05) is 60.1 Å². The fourth-order valence-corrected chi connectivity index (χ4v) is 4.02. The summed E-state index contributed by atoms with van der Waals surface area (Å²) in [6.45, 7) is 5.54. The number of hydrogen-bond acceptors (Lipinski definition) is 5. The van der Waals surface area contributed by atoms with E-state index in [1.165, 1.54) is 18.6 Å². The van der Waals surface area contributed by atoms with Crippen LogP contribution in [0.15, 0.2) is 48.7 Å². The maximum atomic E-state index is 12.9. The van der Waals surface area contributed by atoms with E-state index in [0.717, 1.165) is 40.9 Å². The van der Waals surface area contributed by atoms with Crippen molar-refractivity contribution in [1.29, 1.82) is 10.8 Å². The molecule has 30 heavy (non-hydrogen) atoms. The number of carbonyl (C=O) groups excluding carboxylic acids is 1. The number of aryl methyl sites for hydroxylation is 1. The first kappa shape index (κ1) is 21.3. The summed E-state index contributed by atoms with van der Waals surface area (Å²) in [4.78, 5) is 14.9. The molecule has 5 N–H and O–H groups in total. The van der Waals surface area contributed by atoms with E-state index in [4.69, 9.17) is 16.6 Å². The number of likely N-dealkylation sites (tertiary alicyclic amines) is 1. The smallest absolute Gasteiger partial charge is 0.254 e. The molecule has 0 radical (unpaired) electrons. The van der Waals surface area contributed by atoms with E-state index >= 15 is 0 Å². The maximum absolute atomic E-state index is 12.9. The third-order valence-electron chi connectivity index (χ3n) is 5.64. The monoisotopic (exact) mass is 403 g/mol. The molecule has 1 aliphatic rings. The molecule has 1 saturated heterocycles. The largest absolute Gasteiger partial charge is 0.404 e. The topological polar surface area (TPSA) is 106 Å². The van der Waals surface area contributed by atoms with E-state index in [-0.39, 0.29) is 11.9 Å². The zero-order valence-electron chi connectivity index (χ0n) is 17.5. The van der Waals surface area contributed by atoms with Crippen molar-refractivity contribution >= 4 is 29.6 Å². The molecule has 3 rings (SSSR count). The Labute approximate surface area is 177 Å². The van der Waals surface area contributed by atoms with E-state index in [0.29, 0.717) is 18.0 Å². The average Bonchev–Trinajstić information content (AvgIpc) is 3.13. The molecule has 6 nitrogen and oxygen atoms in total. The van der Waals surface area contributed by atoms with Crippen LogP contribution in [0, 0.1) is 23.7 Å². The number of rotatable bonds is 7. The third kappa shape index (κ3) is 4.59. The Morgan fingerprint density at radius 3 is 2.70 bits per heavy atom. The van der Waals surface area contributed by atoms with Gasteiger partial charge in [-0.1, -0.05) is 23.8 Å². The molecule has 1 fully saturated rings. The number of anilines is 1. The summed E-state index contributed by atoms with van der Waals surface area (Å²) in [5.41, 5.74) is 10.4. The predicted octanol–water partition coefficient (Wildman–Crippen LogP) is 3.90. The highest BCUT2D eigenvalue weighted by molar-refractivity contribution is 6.08. The number of amides is 1. The van der Waals surface area contributed by atoms with Crippen LogP contribution < -0.4 is 11.1 Å². The van der Waals surface area contributed by atoms with Crippen LogP contribution in [0.1, 0.15) is 40.4 Å². The van der Waals surface area contributed by atoms with Gasteiger partial charge in [-0.25, -0.2) is 0 Å². The number of hydrogen-bond donors (Lipinski definition) is 4. The molecular formula is C24H29N5O. The number of benzene rings is 2. The number of nitrogens with zero attached hydrogens (tertiary/aromatic N) is 1. The van der Waals surface area contributed by atoms with Crippen LogP contribution in [-0.2, 0) is 0 Å². The fourth-order valence-electron chi connectivity index (χ4n) is 4.02. The molecule has 2 aromatic rings. The lowest BCUT2D eigenvalue weighted by Crippen LogP contribution is -2.34. The van der Waals surface area contributed by atoms with Gasteiger partial charge in [0.1, 0.15) is 0 Å². The lowest BCUT2D eigenvalue weighted by atomic mass is 10.0. The van der Waals surface area contributed by atoms with Crippen molar-refractivity contribution in [2.45, 2.75) is 26.3 Å². The van der Waals surface area contributed by atoms with E-state index in [1.54, 1.807) is 0 Å². The average molecular weight is 404 g/mol. The first-order valence-electron chi connectivity index (χ1n) is 10.2. The SMILES string of the molecule is Cc1cccc(C(=O)N2CC(CNc3ccc(/C(C=N)=C/N)cc3C=N)CC2C)c1. The molecular weight excluding hydrogens is 374 g/mol. The van der Waals surface area contributed by atoms with Crippen molar-refractivity contribution in [3.63, 3.8) is 0 Å². The summed E-state index contributed by atoms with van der Waals surface area (Å²) < 4.78 is 0. The van der Waals surface area contributed by atoms with Crippen molar-refractivity contribution in [2.24, 2.45) is 11.7 Å². The number of nitrogens with one attached hydrogen (secondary N) is 3. The van der Waals surface area contributed by atoms with Crippen LogP contribution in [-0.4, -0.2) is 42.4 Å². The summed E-state index contributed by atoms with van der Waals surface area (Å²) in [6.07, 6.45) is 4.84. The summed E-state index contributed by atoms with van der Waals surface area (Å²) in [5, 5.41) is 18.6. The van der Waals surface area contributed by atoms with Gasteiger partial charge in [-0.3, -0.25) is 4.79 Å². The summed E-state index contributed by atoms with van der Waals surface area (Å²) >= 11 is 0. The zero-order valence-corrected chi connectivity index (χ0v) is 17.5. The Morgan fingerprint density at radius 2 is 2.03 bits per heavy atom. The van der Waals surface area contributed by atoms with Gasteiger partial charge in [-0.2, -0.15) is 0 Å². The second-order valence-corrected chi connectivity index (χ2v) is 7.87. The molecule has 0 saturated carbocycles. The van der Waals surface area contributed by atoms with Gasteiger partial charge in [-0.15, -0.1) is 0 Å². The second kappa shape index (κ2) is 9.39. The van der Waals surface area contributed by atoms with E-state index in [9.17, 15) is 4.79 Å². The Balaban J connectivity index is 1.66. The Hall–Kier alpha value is -3.41. The highest BCUT2D eigenvalue weighted by Crippen LogP contribution is 2.27. The normalized spacial score (nSPS) is 18.9. The van der Waals surface area contributed by atoms with Crippen LogP contribution in [0.3, 0.4) is 0 Å². The van der Waals surface area contributed by atoms with Gasteiger partial charge < -0.3 is 26.8 Å². The molecule has 2 atom stereocenters. The van der Waals surface area contributed by atoms with E-state index in [2.05, 4.69) is 12.2 Å². The van der Waals surface area contributed by atoms with Gasteiger partial charge in [0.25, 0.3) is 5.91 Å². The Morgan fingerprint density at radius 1 is 1.23 bits per heavy atom. The molecule has 0 aliphatic carbocycles. The number of allylic oxidation sites excluding steroid dienone is 1. The van der Waals surface area contributed by atoms with Crippen LogP contribution >= 0.6 is 0 Å². The second-order valence-electron chi connectivity index (χ2n) is 7.87. The van der Waals surface area contributed by atoms with Gasteiger partial charge >= 0.3 is 0 Å². The molecule has 156 valence electrons. The molecule has 2 unspecified atom stereocenters. The quantitative estimate of drug-likeness (QED) is 0.527. The lowest BCUT2D eigenvalue weighted by molar-refractivity contribution is 0.0743. The van der Waals surface area contributed by atoms with Crippen LogP contribution in [0.2, 0.25) is 0 Å². The third-order valence-corrected chi connectivity index (χ3v) is 5.64. The molecule has 0 spiro atoms. The minimum atomic E-state index is 0.0889. The van der Waals surface area contributed by atoms with Gasteiger partial charge in [0.05, 0.1) is 0 Å². The predicted molar refractivity (Wildman–Crippen MR) is 124 cm³/mol. The van der Waals surface area contributed by atoms with E-state index < -0.39 is 0 Å². The molecule has 0 aromatic heterocycles. The molecule has 1 amide bonds. The maximum Gasteiger partial charge on any atom is 0.254 e. The summed E-state index contributed by atoms with van der Waals surface area (Å²) in [7, 11) is 0. The summed E-state index contributed by atoms with van der Waals surface area (Å²) in [5.74, 6) is 0.430. The fraction of sp³-hybridized carbons (Fsp3) is 0.292. The van der Waals surface area contributed by atoms with Crippen molar-refractivity contribution in [2.75, 3.05) is 18.4 Å². The van der Waals surface area contributed by atoms with Crippen molar-refractivity contribution in [1.82, 2.24) is 4.90 Å². The standard InChI is InChI=1S/C24H29N5O/c1-16-4-3-5-20(8-16)24(30)29-15-18(9-17(29)2)14-28-23-7-6-19(10-21(23)11-25)22(12-26)13-27/h3-8,10-13,17-18,25-26,28H,9,14-15,27H2,1-2H3/b22-13+,25-11?,26-12?. The van der Waals surface area contributed by atoms with Crippen molar-refractivity contribution in [3.8, 4) is 0 Å². The van der Waals surface area contributed by atoms with Gasteiger partial charge in [-0.05, 0) is 56.0 Å². The Kier molecular flexibility index (Phi) is 6.67. The number of carbonyl (C=O) groups is 1. The minimum Gasteiger partial charge on any atom is -0.404 e. The molecule has 1 heterocycles. The first-order chi connectivity index (χ1) is 14.5. The molecule has 0 bridgehead atoms. The van der Waals surface area contributed by atoms with Crippen LogP contribution in [0.25, 0.3) is 5.57 Å².